The van der Waals surface area contributed by atoms with E-state index in [4.69, 9.17) is 10.5 Å². The van der Waals surface area contributed by atoms with Gasteiger partial charge in [-0.25, -0.2) is 0 Å². The van der Waals surface area contributed by atoms with Crippen molar-refractivity contribution in [2.75, 3.05) is 0 Å². The molecule has 114 valence electrons. The third-order valence-corrected chi connectivity index (χ3v) is 4.04. The average Bonchev–Trinajstić information content (AvgIpc) is 2.93. The molecule has 1 aromatic heterocycles. The zero-order valence-electron chi connectivity index (χ0n) is 12.7. The van der Waals surface area contributed by atoms with Gasteiger partial charge in [-0.05, 0) is 38.5 Å². The van der Waals surface area contributed by atoms with E-state index in [1.807, 2.05) is 42.1 Å². The summed E-state index contributed by atoms with van der Waals surface area (Å²) >= 11 is 3.46. The zero-order valence-corrected chi connectivity index (χ0v) is 14.3. The van der Waals surface area contributed by atoms with Gasteiger partial charge in [-0.3, -0.25) is 4.68 Å². The van der Waals surface area contributed by atoms with Gasteiger partial charge in [-0.15, -0.1) is 0 Å². The third-order valence-electron chi connectivity index (χ3n) is 3.55. The molecule has 0 aliphatic heterocycles. The molecule has 5 heteroatoms. The van der Waals surface area contributed by atoms with Gasteiger partial charge in [-0.2, -0.15) is 5.10 Å². The summed E-state index contributed by atoms with van der Waals surface area (Å²) in [7, 11) is 0. The fourth-order valence-corrected chi connectivity index (χ4v) is 2.39. The van der Waals surface area contributed by atoms with Gasteiger partial charge in [0.05, 0.1) is 5.69 Å². The molecule has 0 aliphatic carbocycles. The molecule has 0 bridgehead atoms. The van der Waals surface area contributed by atoms with Crippen LogP contribution < -0.4 is 10.5 Å². The second-order valence-corrected chi connectivity index (χ2v) is 6.22. The summed E-state index contributed by atoms with van der Waals surface area (Å²) in [6.45, 7) is 6.70. The molecule has 4 nitrogen and oxygen atoms in total. The molecular weight excluding hydrogens is 330 g/mol. The molecule has 21 heavy (non-hydrogen) atoms. The van der Waals surface area contributed by atoms with Crippen molar-refractivity contribution in [2.24, 2.45) is 5.73 Å². The highest BCUT2D eigenvalue weighted by atomic mass is 79.9. The Morgan fingerprint density at radius 2 is 2.10 bits per heavy atom. The summed E-state index contributed by atoms with van der Waals surface area (Å²) in [5.41, 5.74) is 7.90. The van der Waals surface area contributed by atoms with Crippen molar-refractivity contribution in [1.29, 1.82) is 0 Å². The van der Waals surface area contributed by atoms with Crippen LogP contribution in [0.4, 0.5) is 0 Å². The number of halogens is 1. The molecule has 0 saturated carbocycles. The topological polar surface area (TPSA) is 53.1 Å². The first kappa shape index (κ1) is 16.0. The summed E-state index contributed by atoms with van der Waals surface area (Å²) in [5.74, 6) is 0.803. The van der Waals surface area contributed by atoms with Gasteiger partial charge in [-0.1, -0.05) is 28.9 Å². The van der Waals surface area contributed by atoms with Crippen LogP contribution in [0.25, 0.3) is 0 Å². The lowest BCUT2D eigenvalue weighted by Crippen LogP contribution is -2.09. The maximum absolute atomic E-state index is 5.98. The van der Waals surface area contributed by atoms with E-state index in [0.29, 0.717) is 12.6 Å². The SMILES string of the molecule is CCC(C)n1ccc(COc2cc(Br)ccc2[C@H](C)N)n1. The molecule has 0 spiro atoms. The summed E-state index contributed by atoms with van der Waals surface area (Å²) in [5, 5.41) is 4.54. The molecule has 0 radical (unpaired) electrons. The monoisotopic (exact) mass is 351 g/mol. The van der Waals surface area contributed by atoms with E-state index in [9.17, 15) is 0 Å². The van der Waals surface area contributed by atoms with Gasteiger partial charge in [0.15, 0.2) is 0 Å². The summed E-state index contributed by atoms with van der Waals surface area (Å²) in [4.78, 5) is 0. The van der Waals surface area contributed by atoms with Crippen LogP contribution in [0.5, 0.6) is 5.75 Å². The van der Waals surface area contributed by atoms with Crippen molar-refractivity contribution in [3.8, 4) is 5.75 Å². The smallest absolute Gasteiger partial charge is 0.132 e. The van der Waals surface area contributed by atoms with Gasteiger partial charge in [0.1, 0.15) is 12.4 Å². The summed E-state index contributed by atoms with van der Waals surface area (Å²) in [6.07, 6.45) is 3.06. The second kappa shape index (κ2) is 7.09. The maximum atomic E-state index is 5.98. The number of benzene rings is 1. The van der Waals surface area contributed by atoms with Crippen LogP contribution in [0, 0.1) is 0 Å². The van der Waals surface area contributed by atoms with Crippen molar-refractivity contribution >= 4 is 15.9 Å². The number of nitrogens with zero attached hydrogens (tertiary/aromatic N) is 2. The van der Waals surface area contributed by atoms with Crippen molar-refractivity contribution in [3.63, 3.8) is 0 Å². The number of aromatic nitrogens is 2. The van der Waals surface area contributed by atoms with Crippen LogP contribution in [-0.2, 0) is 6.61 Å². The molecule has 1 heterocycles. The van der Waals surface area contributed by atoms with E-state index >= 15 is 0 Å². The lowest BCUT2D eigenvalue weighted by molar-refractivity contribution is 0.293. The fourth-order valence-electron chi connectivity index (χ4n) is 2.05. The molecule has 0 amide bonds. The number of hydrogen-bond acceptors (Lipinski definition) is 3. The largest absolute Gasteiger partial charge is 0.487 e. The fraction of sp³-hybridized carbons (Fsp3) is 0.438. The molecule has 1 aromatic carbocycles. The molecule has 0 fully saturated rings. The minimum absolute atomic E-state index is 0.0641. The van der Waals surface area contributed by atoms with E-state index < -0.39 is 0 Å². The Balaban J connectivity index is 2.09. The number of hydrogen-bond donors (Lipinski definition) is 1. The van der Waals surface area contributed by atoms with E-state index in [1.165, 1.54) is 0 Å². The van der Waals surface area contributed by atoms with Crippen LogP contribution in [0.2, 0.25) is 0 Å². The van der Waals surface area contributed by atoms with Crippen LogP contribution in [-0.4, -0.2) is 9.78 Å². The van der Waals surface area contributed by atoms with Gasteiger partial charge < -0.3 is 10.5 Å². The lowest BCUT2D eigenvalue weighted by atomic mass is 10.1. The Bertz CT molecular complexity index is 595. The molecule has 2 atom stereocenters. The van der Waals surface area contributed by atoms with Gasteiger partial charge in [0, 0.05) is 28.3 Å². The highest BCUT2D eigenvalue weighted by molar-refractivity contribution is 9.10. The quantitative estimate of drug-likeness (QED) is 0.847. The van der Waals surface area contributed by atoms with Crippen LogP contribution in [0.1, 0.15) is 50.5 Å². The van der Waals surface area contributed by atoms with Gasteiger partial charge in [0.25, 0.3) is 0 Å². The second-order valence-electron chi connectivity index (χ2n) is 5.30. The van der Waals surface area contributed by atoms with Crippen LogP contribution in [0.15, 0.2) is 34.9 Å². The Labute approximate surface area is 134 Å². The molecular formula is C16H22BrN3O. The predicted molar refractivity (Wildman–Crippen MR) is 88.3 cm³/mol. The normalized spacial score (nSPS) is 14.0. The molecule has 0 saturated heterocycles. The number of ether oxygens (including phenoxy) is 1. The minimum Gasteiger partial charge on any atom is -0.487 e. The highest BCUT2D eigenvalue weighted by Gasteiger charge is 2.10. The van der Waals surface area contributed by atoms with E-state index in [-0.39, 0.29) is 6.04 Å². The Morgan fingerprint density at radius 3 is 2.76 bits per heavy atom. The van der Waals surface area contributed by atoms with Crippen molar-refractivity contribution in [1.82, 2.24) is 9.78 Å². The minimum atomic E-state index is -0.0641. The lowest BCUT2D eigenvalue weighted by Gasteiger charge is -2.14. The van der Waals surface area contributed by atoms with Crippen LogP contribution in [0.3, 0.4) is 0 Å². The average molecular weight is 352 g/mol. The van der Waals surface area contributed by atoms with Crippen molar-refractivity contribution in [2.45, 2.75) is 45.9 Å². The van der Waals surface area contributed by atoms with Gasteiger partial charge in [0.2, 0.25) is 0 Å². The standard InChI is InChI=1S/C16H22BrN3O/c1-4-11(2)20-8-7-14(19-20)10-21-16-9-13(17)5-6-15(16)12(3)18/h5-9,11-12H,4,10,18H2,1-3H3/t11?,12-/m0/s1. The van der Waals surface area contributed by atoms with Gasteiger partial charge >= 0.3 is 0 Å². The Hall–Kier alpha value is -1.33. The summed E-state index contributed by atoms with van der Waals surface area (Å²) in [6, 6.07) is 8.25. The van der Waals surface area contributed by atoms with E-state index in [0.717, 1.165) is 27.9 Å². The molecule has 2 N–H and O–H groups in total. The van der Waals surface area contributed by atoms with Crippen molar-refractivity contribution < 1.29 is 4.74 Å². The molecule has 2 rings (SSSR count). The Morgan fingerprint density at radius 1 is 1.33 bits per heavy atom. The molecule has 2 aromatic rings. The number of rotatable bonds is 6. The van der Waals surface area contributed by atoms with E-state index in [2.05, 4.69) is 34.9 Å². The predicted octanol–water partition coefficient (Wildman–Crippen LogP) is 4.22. The molecule has 1 unspecified atom stereocenters. The van der Waals surface area contributed by atoms with Crippen LogP contribution >= 0.6 is 15.9 Å². The zero-order chi connectivity index (χ0) is 15.4. The third kappa shape index (κ3) is 4.08. The first-order valence-corrected chi connectivity index (χ1v) is 8.02. The molecule has 0 aliphatic rings. The number of nitrogens with two attached hydrogens (primary N) is 1. The summed E-state index contributed by atoms with van der Waals surface area (Å²) < 4.78 is 8.86. The van der Waals surface area contributed by atoms with E-state index in [1.54, 1.807) is 0 Å². The first-order valence-electron chi connectivity index (χ1n) is 7.23. The first-order chi connectivity index (χ1) is 10.0. The highest BCUT2D eigenvalue weighted by Crippen LogP contribution is 2.28. The Kier molecular flexibility index (Phi) is 5.42. The van der Waals surface area contributed by atoms with Crippen molar-refractivity contribution in [3.05, 3.63) is 46.2 Å². The maximum Gasteiger partial charge on any atom is 0.132 e.